The number of rotatable bonds is 3. The zero-order valence-electron chi connectivity index (χ0n) is 14.5. The molecule has 24 heavy (non-hydrogen) atoms. The van der Waals surface area contributed by atoms with Gasteiger partial charge in [-0.25, -0.2) is 9.78 Å². The van der Waals surface area contributed by atoms with Gasteiger partial charge >= 0.3 is 6.03 Å². The molecular weight excluding hydrogens is 300 g/mol. The van der Waals surface area contributed by atoms with Gasteiger partial charge in [-0.1, -0.05) is 23.8 Å². The Morgan fingerprint density at radius 1 is 1.25 bits per heavy atom. The Labute approximate surface area is 143 Å². The molecule has 1 aliphatic rings. The van der Waals surface area contributed by atoms with Gasteiger partial charge in [0.25, 0.3) is 0 Å². The fourth-order valence-corrected chi connectivity index (χ4v) is 2.96. The van der Waals surface area contributed by atoms with Crippen molar-refractivity contribution in [1.82, 2.24) is 15.2 Å². The van der Waals surface area contributed by atoms with Gasteiger partial charge in [0, 0.05) is 39.9 Å². The second-order valence-electron chi connectivity index (χ2n) is 6.52. The number of nitrogens with one attached hydrogen (secondary N) is 1. The highest BCUT2D eigenvalue weighted by Gasteiger charge is 2.20. The fraction of sp³-hybridized carbons (Fsp3) is 0.368. The Bertz CT molecular complexity index is 742. The number of urea groups is 1. The monoisotopic (exact) mass is 324 g/mol. The first-order chi connectivity index (χ1) is 11.5. The number of anilines is 1. The van der Waals surface area contributed by atoms with Crippen LogP contribution < -0.4 is 10.2 Å². The summed E-state index contributed by atoms with van der Waals surface area (Å²) in [6.07, 6.45) is 2.70. The van der Waals surface area contributed by atoms with Crippen molar-refractivity contribution in [2.45, 2.75) is 26.4 Å². The summed E-state index contributed by atoms with van der Waals surface area (Å²) in [6.45, 7) is 4.07. The van der Waals surface area contributed by atoms with Crippen LogP contribution in [0.1, 0.15) is 22.3 Å². The van der Waals surface area contributed by atoms with Gasteiger partial charge in [0.05, 0.1) is 0 Å². The van der Waals surface area contributed by atoms with E-state index >= 15 is 0 Å². The van der Waals surface area contributed by atoms with Crippen molar-refractivity contribution < 1.29 is 4.79 Å². The van der Waals surface area contributed by atoms with Crippen LogP contribution in [0.25, 0.3) is 0 Å². The maximum absolute atomic E-state index is 12.5. The molecule has 0 spiro atoms. The predicted molar refractivity (Wildman–Crippen MR) is 96.1 cm³/mol. The number of carbonyl (C=O) groups is 1. The van der Waals surface area contributed by atoms with Crippen molar-refractivity contribution in [2.75, 3.05) is 25.5 Å². The third kappa shape index (κ3) is 3.67. The SMILES string of the molecule is Cc1ccc2c(c1)CCN(C(=O)NCc1ccnc(N(C)C)c1)C2. The lowest BCUT2D eigenvalue weighted by Crippen LogP contribution is -2.42. The van der Waals surface area contributed by atoms with Gasteiger partial charge < -0.3 is 15.1 Å². The Morgan fingerprint density at radius 3 is 2.88 bits per heavy atom. The molecule has 1 aliphatic heterocycles. The molecule has 0 radical (unpaired) electrons. The van der Waals surface area contributed by atoms with Crippen LogP contribution in [0.2, 0.25) is 0 Å². The largest absolute Gasteiger partial charge is 0.363 e. The molecule has 0 saturated heterocycles. The number of benzene rings is 1. The summed E-state index contributed by atoms with van der Waals surface area (Å²) < 4.78 is 0. The zero-order chi connectivity index (χ0) is 17.1. The van der Waals surface area contributed by atoms with Gasteiger partial charge in [0.1, 0.15) is 5.82 Å². The third-order valence-electron chi connectivity index (χ3n) is 4.37. The van der Waals surface area contributed by atoms with Crippen molar-refractivity contribution in [3.8, 4) is 0 Å². The van der Waals surface area contributed by atoms with Gasteiger partial charge in [0.2, 0.25) is 0 Å². The number of hydrogen-bond acceptors (Lipinski definition) is 3. The third-order valence-corrected chi connectivity index (χ3v) is 4.37. The number of amides is 2. The van der Waals surface area contributed by atoms with Crippen LogP contribution in [-0.2, 0) is 19.5 Å². The second-order valence-corrected chi connectivity index (χ2v) is 6.52. The minimum atomic E-state index is -0.00978. The summed E-state index contributed by atoms with van der Waals surface area (Å²) in [6, 6.07) is 10.4. The molecule has 5 nitrogen and oxygen atoms in total. The summed E-state index contributed by atoms with van der Waals surface area (Å²) >= 11 is 0. The molecule has 0 unspecified atom stereocenters. The van der Waals surface area contributed by atoms with Crippen LogP contribution in [0, 0.1) is 6.92 Å². The van der Waals surface area contributed by atoms with Crippen molar-refractivity contribution in [3.05, 3.63) is 58.8 Å². The van der Waals surface area contributed by atoms with Crippen LogP contribution >= 0.6 is 0 Å². The first-order valence-electron chi connectivity index (χ1n) is 8.26. The fourth-order valence-electron chi connectivity index (χ4n) is 2.96. The van der Waals surface area contributed by atoms with Gasteiger partial charge in [0.15, 0.2) is 0 Å². The quantitative estimate of drug-likeness (QED) is 0.944. The van der Waals surface area contributed by atoms with E-state index in [0.717, 1.165) is 24.3 Å². The van der Waals surface area contributed by atoms with Crippen LogP contribution in [0.15, 0.2) is 36.5 Å². The highest BCUT2D eigenvalue weighted by molar-refractivity contribution is 5.74. The minimum absolute atomic E-state index is 0.00978. The van der Waals surface area contributed by atoms with Gasteiger partial charge in [-0.05, 0) is 42.2 Å². The summed E-state index contributed by atoms with van der Waals surface area (Å²) in [5, 5.41) is 3.02. The van der Waals surface area contributed by atoms with E-state index in [2.05, 4.69) is 35.4 Å². The highest BCUT2D eigenvalue weighted by atomic mass is 16.2. The molecule has 1 aromatic carbocycles. The number of hydrogen-bond donors (Lipinski definition) is 1. The van der Waals surface area contributed by atoms with E-state index in [1.165, 1.54) is 16.7 Å². The minimum Gasteiger partial charge on any atom is -0.363 e. The average Bonchev–Trinajstić information content (AvgIpc) is 2.59. The van der Waals surface area contributed by atoms with E-state index in [-0.39, 0.29) is 6.03 Å². The highest BCUT2D eigenvalue weighted by Crippen LogP contribution is 2.20. The van der Waals surface area contributed by atoms with Crippen molar-refractivity contribution in [2.24, 2.45) is 0 Å². The standard InChI is InChI=1S/C19H24N4O/c1-14-4-5-17-13-23(9-7-16(17)10-14)19(24)21-12-15-6-8-20-18(11-15)22(2)3/h4-6,8,10-11H,7,9,12-13H2,1-3H3,(H,21,24). The molecule has 126 valence electrons. The van der Waals surface area contributed by atoms with E-state index in [1.807, 2.05) is 36.0 Å². The maximum atomic E-state index is 12.5. The smallest absolute Gasteiger partial charge is 0.317 e. The van der Waals surface area contributed by atoms with Crippen LogP contribution in [-0.4, -0.2) is 36.6 Å². The van der Waals surface area contributed by atoms with Crippen LogP contribution in [0.4, 0.5) is 10.6 Å². The number of aryl methyl sites for hydroxylation is 1. The second kappa shape index (κ2) is 6.91. The normalized spacial score (nSPS) is 13.4. The Kier molecular flexibility index (Phi) is 4.69. The number of aromatic nitrogens is 1. The van der Waals surface area contributed by atoms with E-state index in [0.29, 0.717) is 13.1 Å². The van der Waals surface area contributed by atoms with Gasteiger partial charge in [-0.3, -0.25) is 0 Å². The van der Waals surface area contributed by atoms with Crippen molar-refractivity contribution >= 4 is 11.8 Å². The lowest BCUT2D eigenvalue weighted by molar-refractivity contribution is 0.192. The van der Waals surface area contributed by atoms with E-state index < -0.39 is 0 Å². The van der Waals surface area contributed by atoms with Crippen molar-refractivity contribution in [3.63, 3.8) is 0 Å². The summed E-state index contributed by atoms with van der Waals surface area (Å²) in [5.74, 6) is 0.893. The molecular formula is C19H24N4O. The molecule has 1 N–H and O–H groups in total. The molecule has 0 fully saturated rings. The lowest BCUT2D eigenvalue weighted by atomic mass is 9.98. The molecule has 0 aliphatic carbocycles. The van der Waals surface area contributed by atoms with Crippen molar-refractivity contribution in [1.29, 1.82) is 0 Å². The maximum Gasteiger partial charge on any atom is 0.317 e. The van der Waals surface area contributed by atoms with E-state index in [1.54, 1.807) is 6.20 Å². The van der Waals surface area contributed by atoms with Gasteiger partial charge in [-0.15, -0.1) is 0 Å². The molecule has 0 saturated carbocycles. The Balaban J connectivity index is 1.60. The molecule has 5 heteroatoms. The van der Waals surface area contributed by atoms with E-state index in [9.17, 15) is 4.79 Å². The number of carbonyl (C=O) groups excluding carboxylic acids is 1. The first kappa shape index (κ1) is 16.3. The van der Waals surface area contributed by atoms with Gasteiger partial charge in [-0.2, -0.15) is 0 Å². The number of pyridine rings is 1. The molecule has 2 amide bonds. The predicted octanol–water partition coefficient (Wildman–Crippen LogP) is 2.72. The molecule has 2 aromatic rings. The zero-order valence-corrected chi connectivity index (χ0v) is 14.5. The molecule has 2 heterocycles. The summed E-state index contributed by atoms with van der Waals surface area (Å²) in [7, 11) is 3.91. The summed E-state index contributed by atoms with van der Waals surface area (Å²) in [4.78, 5) is 20.6. The summed E-state index contributed by atoms with van der Waals surface area (Å²) in [5.41, 5.74) is 4.95. The van der Waals surface area contributed by atoms with E-state index in [4.69, 9.17) is 0 Å². The van der Waals surface area contributed by atoms with Crippen LogP contribution in [0.5, 0.6) is 0 Å². The molecule has 1 aromatic heterocycles. The Morgan fingerprint density at radius 2 is 2.08 bits per heavy atom. The van der Waals surface area contributed by atoms with Crippen LogP contribution in [0.3, 0.4) is 0 Å². The Hall–Kier alpha value is -2.56. The molecule has 3 rings (SSSR count). The number of nitrogens with zero attached hydrogens (tertiary/aromatic N) is 3. The molecule has 0 bridgehead atoms. The average molecular weight is 324 g/mol. The lowest BCUT2D eigenvalue weighted by Gasteiger charge is -2.29. The first-order valence-corrected chi connectivity index (χ1v) is 8.26. The number of fused-ring (bicyclic) bond motifs is 1. The molecule has 0 atom stereocenters. The topological polar surface area (TPSA) is 48.5 Å².